The number of ketones is 2. The molecule has 0 radical (unpaired) electrons. The van der Waals surface area contributed by atoms with Gasteiger partial charge in [-0.25, -0.2) is 9.13 Å². The van der Waals surface area contributed by atoms with Crippen molar-refractivity contribution < 1.29 is 14.2 Å². The molecular formula is C20H25N2O2+. The molecule has 1 aromatic carbocycles. The first kappa shape index (κ1) is 16.6. The van der Waals surface area contributed by atoms with Crippen molar-refractivity contribution in [1.82, 2.24) is 4.57 Å². The maximum atomic E-state index is 13.2. The van der Waals surface area contributed by atoms with Crippen LogP contribution in [0.1, 0.15) is 78.1 Å². The fourth-order valence-corrected chi connectivity index (χ4v) is 3.59. The Bertz CT molecular complexity index is 830. The predicted molar refractivity (Wildman–Crippen MR) is 92.5 cm³/mol. The summed E-state index contributed by atoms with van der Waals surface area (Å²) in [7, 11) is 0. The number of rotatable bonds is 4. The molecule has 126 valence electrons. The first-order valence-corrected chi connectivity index (χ1v) is 8.71. The fraction of sp³-hybridized carbons (Fsp3) is 0.450. The lowest BCUT2D eigenvalue weighted by Gasteiger charge is -2.14. The second-order valence-electron chi connectivity index (χ2n) is 7.08. The van der Waals surface area contributed by atoms with Crippen molar-refractivity contribution in [2.24, 2.45) is 5.92 Å². The van der Waals surface area contributed by atoms with Gasteiger partial charge in [-0.2, -0.15) is 0 Å². The summed E-state index contributed by atoms with van der Waals surface area (Å²) in [5, 5.41) is 0. The van der Waals surface area contributed by atoms with Crippen molar-refractivity contribution in [2.45, 2.75) is 53.6 Å². The Kier molecular flexibility index (Phi) is 4.16. The fourth-order valence-electron chi connectivity index (χ4n) is 3.59. The van der Waals surface area contributed by atoms with Crippen LogP contribution in [0.25, 0.3) is 0 Å². The number of hydrogen-bond donors (Lipinski definition) is 0. The largest absolute Gasteiger partial charge is 0.284 e. The lowest BCUT2D eigenvalue weighted by Crippen LogP contribution is -2.44. The van der Waals surface area contributed by atoms with Gasteiger partial charge in [-0.1, -0.05) is 45.0 Å². The van der Waals surface area contributed by atoms with Crippen LogP contribution in [0.2, 0.25) is 0 Å². The van der Waals surface area contributed by atoms with Crippen molar-refractivity contribution in [3.63, 3.8) is 0 Å². The van der Waals surface area contributed by atoms with Crippen molar-refractivity contribution in [2.75, 3.05) is 0 Å². The van der Waals surface area contributed by atoms with E-state index in [0.717, 1.165) is 18.8 Å². The third-order valence-electron chi connectivity index (χ3n) is 4.90. The molecule has 1 aliphatic rings. The van der Waals surface area contributed by atoms with Crippen LogP contribution in [-0.4, -0.2) is 16.1 Å². The van der Waals surface area contributed by atoms with E-state index in [2.05, 4.69) is 32.3 Å². The van der Waals surface area contributed by atoms with Crippen molar-refractivity contribution in [3.8, 4) is 0 Å². The number of imidazole rings is 1. The lowest BCUT2D eigenvalue weighted by atomic mass is 9.89. The van der Waals surface area contributed by atoms with Gasteiger partial charge in [-0.15, -0.1) is 0 Å². The minimum absolute atomic E-state index is 0.0360. The molecule has 1 heterocycles. The standard InChI is InChI=1S/C20H25N2O2/c1-6-13(4)22-14(5)21(11-12(2)3)17-18(22)20(24)16-10-8-7-9-15(16)19(17)23/h7-10,12-13H,6,11H2,1-5H3/q+1. The average Bonchev–Trinajstić information content (AvgIpc) is 2.85. The van der Waals surface area contributed by atoms with E-state index >= 15 is 0 Å². The van der Waals surface area contributed by atoms with Crippen molar-refractivity contribution in [3.05, 3.63) is 52.6 Å². The van der Waals surface area contributed by atoms with Crippen LogP contribution in [0.3, 0.4) is 0 Å². The summed E-state index contributed by atoms with van der Waals surface area (Å²) in [4.78, 5) is 26.3. The second-order valence-corrected chi connectivity index (χ2v) is 7.08. The first-order chi connectivity index (χ1) is 11.4. The summed E-state index contributed by atoms with van der Waals surface area (Å²) in [5.74, 6) is 1.31. The first-order valence-electron chi connectivity index (χ1n) is 8.71. The van der Waals surface area contributed by atoms with Gasteiger partial charge in [0.2, 0.25) is 23.0 Å². The molecule has 24 heavy (non-hydrogen) atoms. The van der Waals surface area contributed by atoms with Crippen molar-refractivity contribution >= 4 is 11.6 Å². The van der Waals surface area contributed by atoms with Gasteiger partial charge in [0.15, 0.2) is 0 Å². The zero-order chi connectivity index (χ0) is 17.6. The highest BCUT2D eigenvalue weighted by molar-refractivity contribution is 6.26. The summed E-state index contributed by atoms with van der Waals surface area (Å²) in [6, 6.07) is 7.33. The van der Waals surface area contributed by atoms with Crippen LogP contribution in [0, 0.1) is 12.8 Å². The second kappa shape index (κ2) is 6.00. The number of aromatic nitrogens is 2. The molecule has 0 saturated carbocycles. The van der Waals surface area contributed by atoms with E-state index in [4.69, 9.17) is 0 Å². The van der Waals surface area contributed by atoms with E-state index in [-0.39, 0.29) is 17.6 Å². The zero-order valence-electron chi connectivity index (χ0n) is 15.1. The smallest absolute Gasteiger partial charge is 0.254 e. The highest BCUT2D eigenvalue weighted by Crippen LogP contribution is 2.29. The molecule has 3 rings (SSSR count). The number of nitrogens with zero attached hydrogens (tertiary/aromatic N) is 2. The maximum absolute atomic E-state index is 13.2. The van der Waals surface area contributed by atoms with Gasteiger partial charge >= 0.3 is 0 Å². The van der Waals surface area contributed by atoms with E-state index in [1.807, 2.05) is 23.6 Å². The molecule has 1 aromatic heterocycles. The van der Waals surface area contributed by atoms with E-state index in [9.17, 15) is 9.59 Å². The number of fused-ring (bicyclic) bond motifs is 2. The molecular weight excluding hydrogens is 300 g/mol. The van der Waals surface area contributed by atoms with Crippen molar-refractivity contribution in [1.29, 1.82) is 0 Å². The van der Waals surface area contributed by atoms with E-state index in [1.165, 1.54) is 0 Å². The van der Waals surface area contributed by atoms with E-state index in [0.29, 0.717) is 28.4 Å². The van der Waals surface area contributed by atoms with Gasteiger partial charge in [0.1, 0.15) is 0 Å². The molecule has 2 aromatic rings. The normalized spacial score (nSPS) is 14.8. The Hall–Kier alpha value is -2.23. The van der Waals surface area contributed by atoms with Gasteiger partial charge in [-0.3, -0.25) is 9.59 Å². The SMILES string of the molecule is CCC(C)n1c2c([n+](CC(C)C)c1C)C(=O)c1ccccc1C2=O. The number of hydrogen-bond acceptors (Lipinski definition) is 2. The molecule has 0 saturated heterocycles. The Labute approximate surface area is 143 Å². The Balaban J connectivity index is 2.33. The zero-order valence-corrected chi connectivity index (χ0v) is 15.1. The highest BCUT2D eigenvalue weighted by Gasteiger charge is 2.43. The molecule has 0 spiro atoms. The third kappa shape index (κ3) is 2.32. The molecule has 0 N–H and O–H groups in total. The highest BCUT2D eigenvalue weighted by atomic mass is 16.1. The summed E-state index contributed by atoms with van der Waals surface area (Å²) in [5.41, 5.74) is 2.17. The third-order valence-corrected chi connectivity index (χ3v) is 4.90. The molecule has 0 aliphatic heterocycles. The molecule has 1 unspecified atom stereocenters. The molecule has 0 amide bonds. The van der Waals surface area contributed by atoms with Crippen LogP contribution in [-0.2, 0) is 6.54 Å². The summed E-state index contributed by atoms with van der Waals surface area (Å²) < 4.78 is 4.11. The molecule has 0 fully saturated rings. The van der Waals surface area contributed by atoms with Crippen LogP contribution in [0.5, 0.6) is 0 Å². The molecule has 0 bridgehead atoms. The quantitative estimate of drug-likeness (QED) is 0.689. The minimum Gasteiger partial charge on any atom is -0.284 e. The molecule has 1 atom stereocenters. The lowest BCUT2D eigenvalue weighted by molar-refractivity contribution is -0.709. The average molecular weight is 325 g/mol. The number of carbonyl (C=O) groups excluding carboxylic acids is 2. The van der Waals surface area contributed by atoms with Gasteiger partial charge in [0, 0.05) is 18.1 Å². The van der Waals surface area contributed by atoms with Crippen LogP contribution in [0.4, 0.5) is 0 Å². The van der Waals surface area contributed by atoms with Crippen LogP contribution < -0.4 is 4.57 Å². The van der Waals surface area contributed by atoms with Gasteiger partial charge in [0.05, 0.1) is 12.6 Å². The molecule has 4 heteroatoms. The summed E-state index contributed by atoms with van der Waals surface area (Å²) >= 11 is 0. The topological polar surface area (TPSA) is 43.0 Å². The number of carbonyl (C=O) groups is 2. The molecule has 1 aliphatic carbocycles. The van der Waals surface area contributed by atoms with Gasteiger partial charge < -0.3 is 0 Å². The minimum atomic E-state index is -0.0361. The van der Waals surface area contributed by atoms with E-state index in [1.54, 1.807) is 12.1 Å². The Morgan fingerprint density at radius 1 is 1.04 bits per heavy atom. The van der Waals surface area contributed by atoms with Crippen LogP contribution >= 0.6 is 0 Å². The van der Waals surface area contributed by atoms with Crippen LogP contribution in [0.15, 0.2) is 24.3 Å². The van der Waals surface area contributed by atoms with Gasteiger partial charge in [0.25, 0.3) is 5.82 Å². The number of benzene rings is 1. The predicted octanol–water partition coefficient (Wildman–Crippen LogP) is 3.49. The molecule has 4 nitrogen and oxygen atoms in total. The Morgan fingerprint density at radius 2 is 1.62 bits per heavy atom. The summed E-state index contributed by atoms with van der Waals surface area (Å²) in [6.45, 7) is 11.2. The Morgan fingerprint density at radius 3 is 2.17 bits per heavy atom. The van der Waals surface area contributed by atoms with Gasteiger partial charge in [-0.05, 0) is 19.3 Å². The summed E-state index contributed by atoms with van der Waals surface area (Å²) in [6.07, 6.45) is 0.909. The maximum Gasteiger partial charge on any atom is 0.254 e. The monoisotopic (exact) mass is 325 g/mol. The van der Waals surface area contributed by atoms with E-state index < -0.39 is 0 Å².